The topological polar surface area (TPSA) is 78.5 Å². The van der Waals surface area contributed by atoms with E-state index in [1.165, 1.54) is 6.07 Å². The Balaban J connectivity index is 2.06. The van der Waals surface area contributed by atoms with Crippen molar-refractivity contribution in [1.82, 2.24) is 14.9 Å². The third kappa shape index (κ3) is 5.26. The first kappa shape index (κ1) is 19.9. The number of amides is 1. The lowest BCUT2D eigenvalue weighted by molar-refractivity contribution is 0.0953. The Bertz CT molecular complexity index is 676. The van der Waals surface area contributed by atoms with E-state index < -0.39 is 10.0 Å². The molecule has 0 aliphatic carbocycles. The molecule has 0 bridgehead atoms. The van der Waals surface area contributed by atoms with Crippen LogP contribution in [-0.2, 0) is 10.0 Å². The average molecular weight is 368 g/mol. The summed E-state index contributed by atoms with van der Waals surface area (Å²) >= 11 is 0. The van der Waals surface area contributed by atoms with E-state index in [0.717, 1.165) is 32.2 Å². The molecule has 1 fully saturated rings. The van der Waals surface area contributed by atoms with Crippen LogP contribution in [-0.4, -0.2) is 50.9 Å². The first-order chi connectivity index (χ1) is 12.0. The molecule has 0 saturated carbocycles. The standard InChI is InChI=1S/C18H29N3O3S/c1-3-10-19-11-12-20-18(22)16-8-6-9-17(14-16)25(23,24)21-13-5-4-7-15(21)2/h6,8-9,14-15,19H,3-5,7,10-13H2,1-2H3,(H,20,22). The van der Waals surface area contributed by atoms with Crippen LogP contribution in [0.4, 0.5) is 0 Å². The van der Waals surface area contributed by atoms with E-state index in [4.69, 9.17) is 0 Å². The van der Waals surface area contributed by atoms with Crippen molar-refractivity contribution in [3.8, 4) is 0 Å². The molecule has 1 atom stereocenters. The minimum atomic E-state index is -3.56. The summed E-state index contributed by atoms with van der Waals surface area (Å²) in [6, 6.07) is 6.32. The number of benzene rings is 1. The van der Waals surface area contributed by atoms with Crippen LogP contribution in [0.15, 0.2) is 29.2 Å². The third-order valence-corrected chi connectivity index (χ3v) is 6.47. The van der Waals surface area contributed by atoms with Gasteiger partial charge in [0.25, 0.3) is 5.91 Å². The Labute approximate surface area is 151 Å². The number of carbonyl (C=O) groups is 1. The fraction of sp³-hybridized carbons (Fsp3) is 0.611. The molecule has 1 aliphatic rings. The second-order valence-electron chi connectivity index (χ2n) is 6.49. The number of carbonyl (C=O) groups excluding carboxylic acids is 1. The zero-order valence-corrected chi connectivity index (χ0v) is 15.9. The van der Waals surface area contributed by atoms with Gasteiger partial charge in [0.2, 0.25) is 10.0 Å². The summed E-state index contributed by atoms with van der Waals surface area (Å²) in [5.41, 5.74) is 0.376. The lowest BCUT2D eigenvalue weighted by Gasteiger charge is -2.32. The third-order valence-electron chi connectivity index (χ3n) is 4.46. The Morgan fingerprint density at radius 2 is 2.04 bits per heavy atom. The SMILES string of the molecule is CCCNCCNC(=O)c1cccc(S(=O)(=O)N2CCCCC2C)c1. The monoisotopic (exact) mass is 367 g/mol. The molecule has 6 nitrogen and oxygen atoms in total. The molecule has 1 amide bonds. The quantitative estimate of drug-likeness (QED) is 0.689. The summed E-state index contributed by atoms with van der Waals surface area (Å²) in [6.07, 6.45) is 3.86. The van der Waals surface area contributed by atoms with Crippen molar-refractivity contribution in [3.05, 3.63) is 29.8 Å². The lowest BCUT2D eigenvalue weighted by Crippen LogP contribution is -2.42. The zero-order valence-electron chi connectivity index (χ0n) is 15.1. The van der Waals surface area contributed by atoms with Crippen LogP contribution in [0.3, 0.4) is 0 Å². The maximum atomic E-state index is 12.9. The van der Waals surface area contributed by atoms with Crippen molar-refractivity contribution in [3.63, 3.8) is 0 Å². The molecular weight excluding hydrogens is 338 g/mol. The molecule has 0 aromatic heterocycles. The van der Waals surface area contributed by atoms with Gasteiger partial charge < -0.3 is 10.6 Å². The first-order valence-corrected chi connectivity index (χ1v) is 10.5. The van der Waals surface area contributed by atoms with Crippen molar-refractivity contribution < 1.29 is 13.2 Å². The number of sulfonamides is 1. The minimum Gasteiger partial charge on any atom is -0.351 e. The van der Waals surface area contributed by atoms with E-state index in [1.54, 1.807) is 22.5 Å². The fourth-order valence-corrected chi connectivity index (χ4v) is 4.78. The number of piperidine rings is 1. The van der Waals surface area contributed by atoms with Crippen molar-refractivity contribution in [1.29, 1.82) is 0 Å². The normalized spacial score (nSPS) is 18.9. The molecule has 0 radical (unpaired) electrons. The maximum Gasteiger partial charge on any atom is 0.251 e. The summed E-state index contributed by atoms with van der Waals surface area (Å²) in [7, 11) is -3.56. The minimum absolute atomic E-state index is 0.000808. The summed E-state index contributed by atoms with van der Waals surface area (Å²) < 4.78 is 27.3. The molecule has 0 spiro atoms. The fourth-order valence-electron chi connectivity index (χ4n) is 3.03. The largest absolute Gasteiger partial charge is 0.351 e. The zero-order chi connectivity index (χ0) is 18.3. The Morgan fingerprint density at radius 1 is 1.24 bits per heavy atom. The molecule has 1 aromatic rings. The second-order valence-corrected chi connectivity index (χ2v) is 8.38. The number of rotatable bonds is 8. The molecule has 1 unspecified atom stereocenters. The number of nitrogens with one attached hydrogen (secondary N) is 2. The molecule has 2 N–H and O–H groups in total. The van der Waals surface area contributed by atoms with Gasteiger partial charge in [-0.2, -0.15) is 4.31 Å². The summed E-state index contributed by atoms with van der Waals surface area (Å²) in [5, 5.41) is 6.02. The Kier molecular flexibility index (Phi) is 7.40. The van der Waals surface area contributed by atoms with Crippen LogP contribution >= 0.6 is 0 Å². The molecular formula is C18H29N3O3S. The van der Waals surface area contributed by atoms with E-state index in [1.807, 2.05) is 6.92 Å². The number of hydrogen-bond acceptors (Lipinski definition) is 4. The smallest absolute Gasteiger partial charge is 0.251 e. The Morgan fingerprint density at radius 3 is 2.76 bits per heavy atom. The van der Waals surface area contributed by atoms with Crippen molar-refractivity contribution in [2.75, 3.05) is 26.2 Å². The van der Waals surface area contributed by atoms with Gasteiger partial charge in [0.05, 0.1) is 4.90 Å². The molecule has 2 rings (SSSR count). The van der Waals surface area contributed by atoms with Gasteiger partial charge in [0.1, 0.15) is 0 Å². The van der Waals surface area contributed by atoms with Crippen LogP contribution in [0.5, 0.6) is 0 Å². The highest BCUT2D eigenvalue weighted by Crippen LogP contribution is 2.25. The highest BCUT2D eigenvalue weighted by atomic mass is 32.2. The van der Waals surface area contributed by atoms with Crippen LogP contribution < -0.4 is 10.6 Å². The van der Waals surface area contributed by atoms with Crippen molar-refractivity contribution in [2.24, 2.45) is 0 Å². The molecule has 1 saturated heterocycles. The van der Waals surface area contributed by atoms with Gasteiger partial charge in [0, 0.05) is 31.2 Å². The molecule has 7 heteroatoms. The van der Waals surface area contributed by atoms with E-state index in [2.05, 4.69) is 17.6 Å². The van der Waals surface area contributed by atoms with Crippen molar-refractivity contribution >= 4 is 15.9 Å². The Hall–Kier alpha value is -1.44. The highest BCUT2D eigenvalue weighted by Gasteiger charge is 2.31. The predicted octanol–water partition coefficient (Wildman–Crippen LogP) is 1.98. The van der Waals surface area contributed by atoms with Gasteiger partial charge in [-0.3, -0.25) is 4.79 Å². The van der Waals surface area contributed by atoms with Gasteiger partial charge in [-0.15, -0.1) is 0 Å². The highest BCUT2D eigenvalue weighted by molar-refractivity contribution is 7.89. The first-order valence-electron chi connectivity index (χ1n) is 9.07. The van der Waals surface area contributed by atoms with E-state index in [-0.39, 0.29) is 16.8 Å². The van der Waals surface area contributed by atoms with Gasteiger partial charge in [0.15, 0.2) is 0 Å². The van der Waals surface area contributed by atoms with E-state index in [0.29, 0.717) is 25.2 Å². The van der Waals surface area contributed by atoms with Gasteiger partial charge in [-0.05, 0) is 50.9 Å². The maximum absolute atomic E-state index is 12.9. The second kappa shape index (κ2) is 9.31. The number of nitrogens with zero attached hydrogens (tertiary/aromatic N) is 1. The van der Waals surface area contributed by atoms with Crippen LogP contribution in [0.25, 0.3) is 0 Å². The van der Waals surface area contributed by atoms with Gasteiger partial charge in [-0.1, -0.05) is 19.4 Å². The molecule has 1 heterocycles. The van der Waals surface area contributed by atoms with Gasteiger partial charge >= 0.3 is 0 Å². The van der Waals surface area contributed by atoms with Gasteiger partial charge in [-0.25, -0.2) is 8.42 Å². The summed E-state index contributed by atoms with van der Waals surface area (Å²) in [4.78, 5) is 12.4. The predicted molar refractivity (Wildman–Crippen MR) is 99.1 cm³/mol. The van der Waals surface area contributed by atoms with Crippen LogP contribution in [0.1, 0.15) is 49.9 Å². The van der Waals surface area contributed by atoms with Crippen LogP contribution in [0.2, 0.25) is 0 Å². The molecule has 1 aliphatic heterocycles. The van der Waals surface area contributed by atoms with E-state index in [9.17, 15) is 13.2 Å². The summed E-state index contributed by atoms with van der Waals surface area (Å²) in [6.45, 7) is 6.69. The molecule has 1 aromatic carbocycles. The van der Waals surface area contributed by atoms with Crippen molar-refractivity contribution in [2.45, 2.75) is 50.5 Å². The molecule has 25 heavy (non-hydrogen) atoms. The number of hydrogen-bond donors (Lipinski definition) is 2. The molecule has 140 valence electrons. The summed E-state index contributed by atoms with van der Waals surface area (Å²) in [5.74, 6) is -0.248. The lowest BCUT2D eigenvalue weighted by atomic mass is 10.1. The van der Waals surface area contributed by atoms with E-state index >= 15 is 0 Å². The van der Waals surface area contributed by atoms with Crippen LogP contribution in [0, 0.1) is 0 Å². The average Bonchev–Trinajstić information content (AvgIpc) is 2.61.